The number of hydrogen-bond acceptors (Lipinski definition) is 3. The van der Waals surface area contributed by atoms with Gasteiger partial charge in [0.15, 0.2) is 0 Å². The number of aryl methyl sites for hydroxylation is 1. The van der Waals surface area contributed by atoms with Crippen LogP contribution in [0, 0.1) is 6.92 Å². The Balaban J connectivity index is 2.33. The second-order valence-electron chi connectivity index (χ2n) is 4.31. The number of aromatic nitrogens is 1. The zero-order chi connectivity index (χ0) is 14.0. The smallest absolute Gasteiger partial charge is 0.258 e. The Labute approximate surface area is 116 Å². The van der Waals surface area contributed by atoms with E-state index in [0.29, 0.717) is 5.56 Å². The van der Waals surface area contributed by atoms with Gasteiger partial charge in [0.25, 0.3) is 5.91 Å². The van der Waals surface area contributed by atoms with Crippen LogP contribution in [-0.4, -0.2) is 17.9 Å². The Bertz CT molecular complexity index is 608. The third-order valence-corrected chi connectivity index (χ3v) is 2.95. The minimum absolute atomic E-state index is 0.179. The van der Waals surface area contributed by atoms with Crippen molar-refractivity contribution in [1.29, 1.82) is 0 Å². The largest absolute Gasteiger partial charge is 0.384 e. The Morgan fingerprint density at radius 2 is 2.05 bits per heavy atom. The van der Waals surface area contributed by atoms with E-state index in [1.165, 1.54) is 12.1 Å². The first-order valence-corrected chi connectivity index (χ1v) is 6.13. The number of pyridine rings is 1. The number of benzene rings is 1. The van der Waals surface area contributed by atoms with Crippen molar-refractivity contribution in [3.05, 3.63) is 52.7 Å². The van der Waals surface area contributed by atoms with Crippen LogP contribution in [0.1, 0.15) is 15.9 Å². The molecule has 2 aromatic rings. The van der Waals surface area contributed by atoms with E-state index < -0.39 is 0 Å². The van der Waals surface area contributed by atoms with Gasteiger partial charge in [-0.3, -0.25) is 4.79 Å². The van der Waals surface area contributed by atoms with Gasteiger partial charge in [0.1, 0.15) is 11.0 Å². The van der Waals surface area contributed by atoms with Crippen molar-refractivity contribution in [3.8, 4) is 0 Å². The van der Waals surface area contributed by atoms with Crippen molar-refractivity contribution >= 4 is 29.0 Å². The van der Waals surface area contributed by atoms with Crippen LogP contribution in [0.5, 0.6) is 0 Å². The molecule has 2 N–H and O–H groups in total. The summed E-state index contributed by atoms with van der Waals surface area (Å²) in [4.78, 5) is 17.7. The second-order valence-corrected chi connectivity index (χ2v) is 4.69. The lowest BCUT2D eigenvalue weighted by Crippen LogP contribution is -2.26. The molecule has 1 aromatic carbocycles. The zero-order valence-corrected chi connectivity index (χ0v) is 11.5. The van der Waals surface area contributed by atoms with Crippen molar-refractivity contribution < 1.29 is 4.79 Å². The van der Waals surface area contributed by atoms with Crippen LogP contribution in [-0.2, 0) is 0 Å². The zero-order valence-electron chi connectivity index (χ0n) is 10.7. The van der Waals surface area contributed by atoms with Gasteiger partial charge in [0, 0.05) is 18.3 Å². The molecule has 98 valence electrons. The van der Waals surface area contributed by atoms with Crippen LogP contribution in [0.4, 0.5) is 11.5 Å². The summed E-state index contributed by atoms with van der Waals surface area (Å²) < 4.78 is 0. The molecule has 0 radical (unpaired) electrons. The minimum Gasteiger partial charge on any atom is -0.384 e. The van der Waals surface area contributed by atoms with Gasteiger partial charge >= 0.3 is 0 Å². The first-order chi connectivity index (χ1) is 8.97. The second kappa shape index (κ2) is 5.28. The maximum atomic E-state index is 12.3. The lowest BCUT2D eigenvalue weighted by atomic mass is 10.2. The van der Waals surface area contributed by atoms with Gasteiger partial charge in [-0.1, -0.05) is 23.7 Å². The monoisotopic (exact) mass is 275 g/mol. The van der Waals surface area contributed by atoms with Crippen LogP contribution in [0.2, 0.25) is 5.15 Å². The molecule has 0 aliphatic rings. The number of rotatable bonds is 2. The number of nitrogens with two attached hydrogens (primary N) is 1. The topological polar surface area (TPSA) is 59.2 Å². The average Bonchev–Trinajstić information content (AvgIpc) is 2.36. The Hall–Kier alpha value is -2.07. The van der Waals surface area contributed by atoms with Gasteiger partial charge in [0.2, 0.25) is 0 Å². The molecule has 2 rings (SSSR count). The van der Waals surface area contributed by atoms with E-state index >= 15 is 0 Å². The SMILES string of the molecule is Cc1cccc(N(C)C(=O)c2cc(N)nc(Cl)c2)c1. The third kappa shape index (κ3) is 3.03. The fourth-order valence-corrected chi connectivity index (χ4v) is 2.00. The molecule has 0 saturated carbocycles. The number of amides is 1. The molecule has 5 heteroatoms. The fraction of sp³-hybridized carbons (Fsp3) is 0.143. The number of carbonyl (C=O) groups is 1. The summed E-state index contributed by atoms with van der Waals surface area (Å²) in [5.41, 5.74) is 7.92. The Morgan fingerprint density at radius 1 is 1.32 bits per heavy atom. The molecule has 0 spiro atoms. The predicted molar refractivity (Wildman–Crippen MR) is 77.6 cm³/mol. The molecule has 1 amide bonds. The average molecular weight is 276 g/mol. The number of carbonyl (C=O) groups excluding carboxylic acids is 1. The highest BCUT2D eigenvalue weighted by Gasteiger charge is 2.15. The molecule has 0 unspecified atom stereocenters. The maximum Gasteiger partial charge on any atom is 0.258 e. The third-order valence-electron chi connectivity index (χ3n) is 2.75. The molecular formula is C14H14ClN3O. The summed E-state index contributed by atoms with van der Waals surface area (Å²) in [5.74, 6) is 0.0510. The Kier molecular flexibility index (Phi) is 3.71. The molecule has 0 atom stereocenters. The van der Waals surface area contributed by atoms with E-state index in [-0.39, 0.29) is 16.9 Å². The van der Waals surface area contributed by atoms with E-state index in [0.717, 1.165) is 11.3 Å². The molecule has 1 heterocycles. The number of hydrogen-bond donors (Lipinski definition) is 1. The molecule has 0 fully saturated rings. The highest BCUT2D eigenvalue weighted by atomic mass is 35.5. The van der Waals surface area contributed by atoms with Crippen LogP contribution >= 0.6 is 11.6 Å². The number of anilines is 2. The highest BCUT2D eigenvalue weighted by Crippen LogP contribution is 2.19. The van der Waals surface area contributed by atoms with Crippen LogP contribution < -0.4 is 10.6 Å². The lowest BCUT2D eigenvalue weighted by molar-refractivity contribution is 0.0993. The summed E-state index contributed by atoms with van der Waals surface area (Å²) >= 11 is 5.81. The van der Waals surface area contributed by atoms with Crippen molar-refractivity contribution in [2.45, 2.75) is 6.92 Å². The van der Waals surface area contributed by atoms with Crippen LogP contribution in [0.3, 0.4) is 0 Å². The quantitative estimate of drug-likeness (QED) is 0.858. The van der Waals surface area contributed by atoms with Gasteiger partial charge in [-0.25, -0.2) is 4.98 Å². The van der Waals surface area contributed by atoms with Gasteiger partial charge < -0.3 is 10.6 Å². The molecule has 1 aromatic heterocycles. The molecule has 19 heavy (non-hydrogen) atoms. The summed E-state index contributed by atoms with van der Waals surface area (Å²) in [6.45, 7) is 1.98. The first-order valence-electron chi connectivity index (χ1n) is 5.75. The van der Waals surface area contributed by atoms with Crippen molar-refractivity contribution in [1.82, 2.24) is 4.98 Å². The number of nitrogen functional groups attached to an aromatic ring is 1. The lowest BCUT2D eigenvalue weighted by Gasteiger charge is -2.18. The minimum atomic E-state index is -0.179. The summed E-state index contributed by atoms with van der Waals surface area (Å²) in [6, 6.07) is 10.7. The Morgan fingerprint density at radius 3 is 2.68 bits per heavy atom. The normalized spacial score (nSPS) is 10.3. The molecule has 0 aliphatic heterocycles. The number of halogens is 1. The van der Waals surface area contributed by atoms with Gasteiger partial charge in [-0.15, -0.1) is 0 Å². The standard InChI is InChI=1S/C14H14ClN3O/c1-9-4-3-5-11(6-9)18(2)14(19)10-7-12(15)17-13(16)8-10/h3-8H,1-2H3,(H2,16,17). The molecule has 4 nitrogen and oxygen atoms in total. The van der Waals surface area contributed by atoms with E-state index in [4.69, 9.17) is 17.3 Å². The van der Waals surface area contributed by atoms with E-state index in [1.54, 1.807) is 11.9 Å². The van der Waals surface area contributed by atoms with E-state index in [9.17, 15) is 4.79 Å². The van der Waals surface area contributed by atoms with E-state index in [2.05, 4.69) is 4.98 Å². The van der Waals surface area contributed by atoms with Crippen LogP contribution in [0.25, 0.3) is 0 Å². The van der Waals surface area contributed by atoms with Crippen LogP contribution in [0.15, 0.2) is 36.4 Å². The van der Waals surface area contributed by atoms with Crippen molar-refractivity contribution in [2.75, 3.05) is 17.7 Å². The summed E-state index contributed by atoms with van der Waals surface area (Å²) in [5, 5.41) is 0.209. The van der Waals surface area contributed by atoms with E-state index in [1.807, 2.05) is 31.2 Å². The first kappa shape index (κ1) is 13.4. The predicted octanol–water partition coefficient (Wildman–Crippen LogP) is 2.90. The van der Waals surface area contributed by atoms with Gasteiger partial charge in [-0.2, -0.15) is 0 Å². The number of nitrogens with zero attached hydrogens (tertiary/aromatic N) is 2. The highest BCUT2D eigenvalue weighted by molar-refractivity contribution is 6.30. The molecule has 0 aliphatic carbocycles. The summed E-state index contributed by atoms with van der Waals surface area (Å²) in [7, 11) is 1.71. The molecular weight excluding hydrogens is 262 g/mol. The van der Waals surface area contributed by atoms with Crippen molar-refractivity contribution in [3.63, 3.8) is 0 Å². The van der Waals surface area contributed by atoms with Gasteiger partial charge in [-0.05, 0) is 36.8 Å². The summed E-state index contributed by atoms with van der Waals surface area (Å²) in [6.07, 6.45) is 0. The van der Waals surface area contributed by atoms with Crippen molar-refractivity contribution in [2.24, 2.45) is 0 Å². The maximum absolute atomic E-state index is 12.3. The van der Waals surface area contributed by atoms with Gasteiger partial charge in [0.05, 0.1) is 0 Å². The molecule has 0 saturated heterocycles. The molecule has 0 bridgehead atoms. The fourth-order valence-electron chi connectivity index (χ4n) is 1.79.